The van der Waals surface area contributed by atoms with Gasteiger partial charge in [0.05, 0.1) is 18.5 Å². The van der Waals surface area contributed by atoms with E-state index in [1.165, 1.54) is 19.3 Å². The lowest BCUT2D eigenvalue weighted by atomic mass is 9.88. The number of aliphatic hydroxyl groups is 1. The Kier molecular flexibility index (Phi) is 8.77. The van der Waals surface area contributed by atoms with E-state index in [9.17, 15) is 5.11 Å². The van der Waals surface area contributed by atoms with E-state index in [-0.39, 0.29) is 6.10 Å². The minimum Gasteiger partial charge on any atom is -0.393 e. The second-order valence-corrected chi connectivity index (χ2v) is 9.12. The zero-order valence-corrected chi connectivity index (χ0v) is 21.1. The van der Waals surface area contributed by atoms with Crippen LogP contribution in [0.5, 0.6) is 0 Å². The van der Waals surface area contributed by atoms with Gasteiger partial charge in [-0.25, -0.2) is 0 Å². The molecule has 0 saturated heterocycles. The SMILES string of the molecule is C=C/C(=C(/C)N=C(C)c1cccc(-c2cnn(C)c2)c1)c1cnn(C)c1.CC1CCCCC1O. The van der Waals surface area contributed by atoms with E-state index < -0.39 is 0 Å². The Morgan fingerprint density at radius 3 is 2.29 bits per heavy atom. The van der Waals surface area contributed by atoms with Gasteiger partial charge in [0.15, 0.2) is 0 Å². The van der Waals surface area contributed by atoms with Crippen LogP contribution in [0.25, 0.3) is 16.7 Å². The molecule has 0 bridgehead atoms. The van der Waals surface area contributed by atoms with Crippen LogP contribution in [0.15, 0.2) is 72.4 Å². The lowest BCUT2D eigenvalue weighted by Crippen LogP contribution is -2.21. The van der Waals surface area contributed by atoms with E-state index in [2.05, 4.69) is 41.9 Å². The largest absolute Gasteiger partial charge is 0.393 e. The van der Waals surface area contributed by atoms with Crippen molar-refractivity contribution in [3.8, 4) is 11.1 Å². The zero-order valence-electron chi connectivity index (χ0n) is 21.1. The first-order chi connectivity index (χ1) is 16.3. The number of hydrogen-bond donors (Lipinski definition) is 1. The molecule has 3 aromatic rings. The lowest BCUT2D eigenvalue weighted by Gasteiger charge is -2.23. The molecule has 1 N–H and O–H groups in total. The molecular formula is C28H37N5O. The van der Waals surface area contributed by atoms with Gasteiger partial charge in [-0.1, -0.05) is 50.6 Å². The summed E-state index contributed by atoms with van der Waals surface area (Å²) in [5, 5.41) is 17.7. The van der Waals surface area contributed by atoms with Crippen LogP contribution in [-0.4, -0.2) is 36.5 Å². The van der Waals surface area contributed by atoms with Crippen LogP contribution in [0, 0.1) is 5.92 Å². The average molecular weight is 460 g/mol. The van der Waals surface area contributed by atoms with Crippen LogP contribution in [0.3, 0.4) is 0 Å². The van der Waals surface area contributed by atoms with Gasteiger partial charge in [0, 0.05) is 54.6 Å². The van der Waals surface area contributed by atoms with Gasteiger partial charge in [-0.05, 0) is 49.8 Å². The van der Waals surface area contributed by atoms with Crippen LogP contribution in [-0.2, 0) is 14.1 Å². The third-order valence-electron chi connectivity index (χ3n) is 6.33. The predicted octanol–water partition coefficient (Wildman–Crippen LogP) is 5.80. The number of aliphatic imine (C=N–C) groups is 1. The molecule has 0 aliphatic heterocycles. The summed E-state index contributed by atoms with van der Waals surface area (Å²) in [5.41, 5.74) is 7.18. The van der Waals surface area contributed by atoms with Crippen molar-refractivity contribution in [2.24, 2.45) is 25.0 Å². The first-order valence-electron chi connectivity index (χ1n) is 11.9. The van der Waals surface area contributed by atoms with Crippen molar-refractivity contribution in [1.29, 1.82) is 0 Å². The van der Waals surface area contributed by atoms with Gasteiger partial charge >= 0.3 is 0 Å². The van der Waals surface area contributed by atoms with E-state index in [0.29, 0.717) is 5.92 Å². The molecule has 0 spiro atoms. The standard InChI is InChI=1S/C21H23N5.C7H14O/c1-6-21(20-12-23-26(5)14-20)16(3)24-15(2)17-8-7-9-18(10-17)19-11-22-25(4)13-19;1-6-4-2-3-5-7(6)8/h6-14H,1H2,2-5H3;6-8H,2-5H2,1H3/b21-16+,24-15?;. The van der Waals surface area contributed by atoms with Crippen LogP contribution in [0.4, 0.5) is 0 Å². The second kappa shape index (κ2) is 11.7. The Balaban J connectivity index is 0.000000343. The number of aryl methyl sites for hydroxylation is 2. The van der Waals surface area contributed by atoms with Crippen molar-refractivity contribution >= 4 is 11.3 Å². The first kappa shape index (κ1) is 25.4. The Morgan fingerprint density at radius 1 is 1.03 bits per heavy atom. The van der Waals surface area contributed by atoms with Gasteiger partial charge in [-0.2, -0.15) is 10.2 Å². The minimum absolute atomic E-state index is 0.00347. The first-order valence-corrected chi connectivity index (χ1v) is 11.9. The fourth-order valence-electron chi connectivity index (χ4n) is 4.20. The normalized spacial score (nSPS) is 19.2. The number of hydrogen-bond acceptors (Lipinski definition) is 4. The van der Waals surface area contributed by atoms with Crippen molar-refractivity contribution in [3.63, 3.8) is 0 Å². The number of benzene rings is 1. The molecule has 4 rings (SSSR count). The molecule has 180 valence electrons. The molecule has 1 aliphatic carbocycles. The summed E-state index contributed by atoms with van der Waals surface area (Å²) in [6.07, 6.45) is 14.3. The molecule has 2 aromatic heterocycles. The Labute approximate surface area is 203 Å². The minimum atomic E-state index is 0.00347. The fraction of sp³-hybridized carbons (Fsp3) is 0.393. The van der Waals surface area contributed by atoms with Crippen molar-refractivity contribution < 1.29 is 5.11 Å². The second-order valence-electron chi connectivity index (χ2n) is 9.12. The van der Waals surface area contributed by atoms with Gasteiger partial charge in [0.2, 0.25) is 0 Å². The molecule has 1 fully saturated rings. The van der Waals surface area contributed by atoms with E-state index in [1.54, 1.807) is 9.36 Å². The molecule has 34 heavy (non-hydrogen) atoms. The van der Waals surface area contributed by atoms with Crippen molar-refractivity contribution in [2.45, 2.75) is 52.6 Å². The van der Waals surface area contributed by atoms with E-state index in [1.807, 2.05) is 64.9 Å². The molecule has 6 nitrogen and oxygen atoms in total. The van der Waals surface area contributed by atoms with Crippen LogP contribution < -0.4 is 0 Å². The molecule has 0 radical (unpaired) electrons. The molecule has 2 heterocycles. The van der Waals surface area contributed by atoms with Crippen LogP contribution in [0.2, 0.25) is 0 Å². The van der Waals surface area contributed by atoms with E-state index in [4.69, 9.17) is 4.99 Å². The maximum Gasteiger partial charge on any atom is 0.0568 e. The smallest absolute Gasteiger partial charge is 0.0568 e. The Bertz CT molecular complexity index is 1160. The van der Waals surface area contributed by atoms with E-state index >= 15 is 0 Å². The number of allylic oxidation sites excluding steroid dienone is 3. The highest BCUT2D eigenvalue weighted by Gasteiger charge is 2.17. The summed E-state index contributed by atoms with van der Waals surface area (Å²) in [6.45, 7) is 10.1. The number of aromatic nitrogens is 4. The summed E-state index contributed by atoms with van der Waals surface area (Å²) >= 11 is 0. The molecular weight excluding hydrogens is 422 g/mol. The van der Waals surface area contributed by atoms with Crippen molar-refractivity contribution in [3.05, 3.63) is 78.5 Å². The number of aliphatic hydroxyl groups excluding tert-OH is 1. The highest BCUT2D eigenvalue weighted by Crippen LogP contribution is 2.24. The van der Waals surface area contributed by atoms with Gasteiger partial charge < -0.3 is 5.11 Å². The molecule has 1 aromatic carbocycles. The fourth-order valence-corrected chi connectivity index (χ4v) is 4.20. The molecule has 1 saturated carbocycles. The summed E-state index contributed by atoms with van der Waals surface area (Å²) in [5.74, 6) is 0.559. The molecule has 0 amide bonds. The maximum absolute atomic E-state index is 9.18. The van der Waals surface area contributed by atoms with Gasteiger partial charge in [-0.3, -0.25) is 14.4 Å². The summed E-state index contributed by atoms with van der Waals surface area (Å²) < 4.78 is 3.58. The lowest BCUT2D eigenvalue weighted by molar-refractivity contribution is 0.0793. The quantitative estimate of drug-likeness (QED) is 0.387. The monoisotopic (exact) mass is 459 g/mol. The molecule has 6 heteroatoms. The number of rotatable bonds is 5. The van der Waals surface area contributed by atoms with E-state index in [0.717, 1.165) is 45.7 Å². The highest BCUT2D eigenvalue weighted by atomic mass is 16.3. The topological polar surface area (TPSA) is 68.2 Å². The molecule has 2 atom stereocenters. The average Bonchev–Trinajstić information content (AvgIpc) is 3.45. The van der Waals surface area contributed by atoms with Gasteiger partial charge in [0.1, 0.15) is 0 Å². The van der Waals surface area contributed by atoms with Gasteiger partial charge in [-0.15, -0.1) is 0 Å². The van der Waals surface area contributed by atoms with Crippen molar-refractivity contribution in [2.75, 3.05) is 0 Å². The molecule has 2 unspecified atom stereocenters. The third-order valence-corrected chi connectivity index (χ3v) is 6.33. The van der Waals surface area contributed by atoms with Crippen LogP contribution >= 0.6 is 0 Å². The third kappa shape index (κ3) is 6.64. The summed E-state index contributed by atoms with van der Waals surface area (Å²) in [6, 6.07) is 8.34. The van der Waals surface area contributed by atoms with Gasteiger partial charge in [0.25, 0.3) is 0 Å². The highest BCUT2D eigenvalue weighted by molar-refractivity contribution is 6.00. The zero-order chi connectivity index (χ0) is 24.7. The van der Waals surface area contributed by atoms with Crippen LogP contribution in [0.1, 0.15) is 57.6 Å². The maximum atomic E-state index is 9.18. The molecule has 1 aliphatic rings. The summed E-state index contributed by atoms with van der Waals surface area (Å²) in [4.78, 5) is 4.81. The Morgan fingerprint density at radius 2 is 1.74 bits per heavy atom. The Hall–Kier alpha value is -3.25. The van der Waals surface area contributed by atoms with Crippen molar-refractivity contribution in [1.82, 2.24) is 19.6 Å². The predicted molar refractivity (Wildman–Crippen MR) is 140 cm³/mol. The summed E-state index contributed by atoms with van der Waals surface area (Å²) in [7, 11) is 3.82. The number of nitrogens with zero attached hydrogens (tertiary/aromatic N) is 5.